The summed E-state index contributed by atoms with van der Waals surface area (Å²) in [6.45, 7) is 1.78. The van der Waals surface area contributed by atoms with Crippen LogP contribution in [0.5, 0.6) is 0 Å². The van der Waals surface area contributed by atoms with Gasteiger partial charge in [-0.3, -0.25) is 0 Å². The number of fused-ring (bicyclic) bond motifs is 3. The van der Waals surface area contributed by atoms with Crippen molar-refractivity contribution in [3.8, 4) is 0 Å². The van der Waals surface area contributed by atoms with Crippen molar-refractivity contribution < 1.29 is 24.5 Å². The Hall–Kier alpha value is -2.65. The van der Waals surface area contributed by atoms with Crippen LogP contribution < -0.4 is 16.1 Å². The van der Waals surface area contributed by atoms with Crippen LogP contribution in [0.2, 0.25) is 0 Å². The summed E-state index contributed by atoms with van der Waals surface area (Å²) in [4.78, 5) is 22.9. The van der Waals surface area contributed by atoms with Gasteiger partial charge in [0.25, 0.3) is 0 Å². The highest BCUT2D eigenvalue weighted by Gasteiger charge is 2.67. The van der Waals surface area contributed by atoms with Gasteiger partial charge in [0.1, 0.15) is 5.71 Å². The number of aliphatic hydroxyl groups is 2. The minimum Gasteiger partial charge on any atom is -0.449 e. The monoisotopic (exact) mass is 306 g/mol. The lowest BCUT2D eigenvalue weighted by molar-refractivity contribution is -0.110. The Bertz CT molecular complexity index is 691. The highest BCUT2D eigenvalue weighted by molar-refractivity contribution is 6.14. The average molecular weight is 306 g/mol. The van der Waals surface area contributed by atoms with Crippen LogP contribution in [0.15, 0.2) is 29.4 Å². The molecule has 1 fully saturated rings. The van der Waals surface area contributed by atoms with Crippen molar-refractivity contribution >= 4 is 17.8 Å². The quantitative estimate of drug-likeness (QED) is 0.461. The number of nitrogens with zero attached hydrogens (tertiary/aromatic N) is 1. The number of rotatable bonds is 2. The average Bonchev–Trinajstić information content (AvgIpc) is 2.79. The molecule has 116 valence electrons. The zero-order valence-electron chi connectivity index (χ0n) is 11.6. The summed E-state index contributed by atoms with van der Waals surface area (Å²) < 4.78 is 4.68. The van der Waals surface area contributed by atoms with Gasteiger partial charge in [-0.15, -0.1) is 0 Å². The van der Waals surface area contributed by atoms with Crippen LogP contribution in [0, 0.1) is 0 Å². The minimum absolute atomic E-state index is 0.1000. The Morgan fingerprint density at radius 2 is 2.00 bits per heavy atom. The van der Waals surface area contributed by atoms with E-state index in [1.807, 2.05) is 0 Å². The maximum atomic E-state index is 11.6. The van der Waals surface area contributed by atoms with Gasteiger partial charge in [0.2, 0.25) is 11.4 Å². The molecule has 1 aliphatic heterocycles. The molecule has 9 nitrogen and oxygen atoms in total. The molecule has 3 amide bonds. The van der Waals surface area contributed by atoms with Crippen LogP contribution >= 0.6 is 0 Å². The van der Waals surface area contributed by atoms with E-state index in [0.29, 0.717) is 5.56 Å². The normalized spacial score (nSPS) is 30.3. The summed E-state index contributed by atoms with van der Waals surface area (Å²) in [6, 6.07) is 5.70. The van der Waals surface area contributed by atoms with E-state index in [9.17, 15) is 19.8 Å². The molecule has 2 atom stereocenters. The van der Waals surface area contributed by atoms with Gasteiger partial charge in [-0.1, -0.05) is 24.3 Å². The molecule has 2 unspecified atom stereocenters. The van der Waals surface area contributed by atoms with Crippen molar-refractivity contribution in [1.29, 1.82) is 0 Å². The molecule has 2 aliphatic rings. The molecule has 1 aromatic rings. The predicted molar refractivity (Wildman–Crippen MR) is 73.7 cm³/mol. The molecule has 0 bridgehead atoms. The second kappa shape index (κ2) is 4.68. The maximum absolute atomic E-state index is 11.6. The van der Waals surface area contributed by atoms with Gasteiger partial charge >= 0.3 is 12.1 Å². The molecule has 1 aliphatic carbocycles. The van der Waals surface area contributed by atoms with Gasteiger partial charge in [-0.05, 0) is 6.92 Å². The number of amides is 3. The van der Waals surface area contributed by atoms with Gasteiger partial charge < -0.3 is 25.6 Å². The molecule has 0 spiro atoms. The van der Waals surface area contributed by atoms with E-state index < -0.39 is 23.6 Å². The van der Waals surface area contributed by atoms with Gasteiger partial charge in [0.15, 0.2) is 0 Å². The van der Waals surface area contributed by atoms with Crippen LogP contribution in [0.3, 0.4) is 0 Å². The van der Waals surface area contributed by atoms with E-state index >= 15 is 0 Å². The predicted octanol–water partition coefficient (Wildman–Crippen LogP) is -0.703. The molecule has 22 heavy (non-hydrogen) atoms. The number of hydrogen-bond donors (Lipinski definition) is 5. The number of hydrogen-bond acceptors (Lipinski definition) is 6. The fraction of sp³-hybridized carbons (Fsp3) is 0.308. The molecule has 0 saturated carbocycles. The highest BCUT2D eigenvalue weighted by atomic mass is 16.5. The summed E-state index contributed by atoms with van der Waals surface area (Å²) in [5.41, 5.74) is -1.61. The number of ether oxygens (including phenoxy) is 1. The van der Waals surface area contributed by atoms with Crippen molar-refractivity contribution in [2.45, 2.75) is 18.4 Å². The summed E-state index contributed by atoms with van der Waals surface area (Å²) in [7, 11) is 0. The standard InChI is InChI=1S/C13H14N4O5/c1-2-22-11(19)17-16-9-7-5-3-4-6-8(7)12(20)13(9,21)15-10(18)14-12/h3-6,20-21H,2H2,1H3,(H,17,19)(H2,14,15,18)/b16-9-. The fourth-order valence-electron chi connectivity index (χ4n) is 2.64. The molecular weight excluding hydrogens is 292 g/mol. The van der Waals surface area contributed by atoms with Crippen molar-refractivity contribution in [2.75, 3.05) is 6.61 Å². The third-order valence-electron chi connectivity index (χ3n) is 3.56. The topological polar surface area (TPSA) is 132 Å². The lowest BCUT2D eigenvalue weighted by atomic mass is 10.0. The Labute approximate surface area is 125 Å². The van der Waals surface area contributed by atoms with Crippen LogP contribution in [0.4, 0.5) is 9.59 Å². The van der Waals surface area contributed by atoms with Crippen LogP contribution in [-0.4, -0.2) is 40.4 Å². The Morgan fingerprint density at radius 1 is 1.32 bits per heavy atom. The molecule has 0 radical (unpaired) electrons. The van der Waals surface area contributed by atoms with Gasteiger partial charge in [-0.25, -0.2) is 15.0 Å². The first-order chi connectivity index (χ1) is 10.4. The third kappa shape index (κ3) is 1.76. The second-order valence-electron chi connectivity index (χ2n) is 4.84. The lowest BCUT2D eigenvalue weighted by Crippen LogP contribution is -2.58. The molecular formula is C13H14N4O5. The molecule has 9 heteroatoms. The second-order valence-corrected chi connectivity index (χ2v) is 4.84. The number of carbonyl (C=O) groups is 2. The summed E-state index contributed by atoms with van der Waals surface area (Å²) in [5.74, 6) is 0. The molecule has 5 N–H and O–H groups in total. The smallest absolute Gasteiger partial charge is 0.427 e. The highest BCUT2D eigenvalue weighted by Crippen LogP contribution is 2.43. The van der Waals surface area contributed by atoms with Crippen LogP contribution in [0.1, 0.15) is 18.1 Å². The number of carbonyl (C=O) groups excluding carboxylic acids is 2. The maximum Gasteiger partial charge on any atom is 0.427 e. The summed E-state index contributed by atoms with van der Waals surface area (Å²) in [6.07, 6.45) is -0.816. The summed E-state index contributed by atoms with van der Waals surface area (Å²) in [5, 5.41) is 29.7. The van der Waals surface area contributed by atoms with Crippen molar-refractivity contribution in [1.82, 2.24) is 16.1 Å². The molecule has 3 rings (SSSR count). The first-order valence-corrected chi connectivity index (χ1v) is 6.58. The zero-order chi connectivity index (χ0) is 16.0. The summed E-state index contributed by atoms with van der Waals surface area (Å²) >= 11 is 0. The third-order valence-corrected chi connectivity index (χ3v) is 3.56. The van der Waals surface area contributed by atoms with Gasteiger partial charge in [0.05, 0.1) is 6.61 Å². The Kier molecular flexibility index (Phi) is 3.04. The molecule has 0 aromatic heterocycles. The van der Waals surface area contributed by atoms with E-state index in [0.717, 1.165) is 0 Å². The first kappa shape index (κ1) is 14.3. The van der Waals surface area contributed by atoms with E-state index in [-0.39, 0.29) is 17.9 Å². The number of benzene rings is 1. The van der Waals surface area contributed by atoms with E-state index in [4.69, 9.17) is 0 Å². The van der Waals surface area contributed by atoms with Gasteiger partial charge in [0, 0.05) is 11.1 Å². The zero-order valence-corrected chi connectivity index (χ0v) is 11.6. The van der Waals surface area contributed by atoms with Crippen molar-refractivity contribution in [3.05, 3.63) is 35.4 Å². The lowest BCUT2D eigenvalue weighted by Gasteiger charge is -2.29. The Balaban J connectivity index is 2.07. The van der Waals surface area contributed by atoms with Gasteiger partial charge in [-0.2, -0.15) is 5.10 Å². The molecule has 1 aromatic carbocycles. The van der Waals surface area contributed by atoms with E-state index in [1.165, 1.54) is 0 Å². The Morgan fingerprint density at radius 3 is 2.73 bits per heavy atom. The number of urea groups is 1. The SMILES string of the molecule is CCOC(=O)N/N=C1/c2ccccc2C2(O)NC(=O)NC12O. The first-order valence-electron chi connectivity index (χ1n) is 6.58. The van der Waals surface area contributed by atoms with Crippen molar-refractivity contribution in [2.24, 2.45) is 5.10 Å². The van der Waals surface area contributed by atoms with Crippen LogP contribution in [-0.2, 0) is 10.5 Å². The van der Waals surface area contributed by atoms with Crippen LogP contribution in [0.25, 0.3) is 0 Å². The van der Waals surface area contributed by atoms with Crippen molar-refractivity contribution in [3.63, 3.8) is 0 Å². The minimum atomic E-state index is -2.20. The number of hydrazone groups is 1. The van der Waals surface area contributed by atoms with E-state index in [1.54, 1.807) is 31.2 Å². The fourth-order valence-corrected chi connectivity index (χ4v) is 2.64. The van der Waals surface area contributed by atoms with E-state index in [2.05, 4.69) is 25.9 Å². The largest absolute Gasteiger partial charge is 0.449 e. The molecule has 1 heterocycles. The molecule has 1 saturated heterocycles. The number of nitrogens with one attached hydrogen (secondary N) is 3.